The summed E-state index contributed by atoms with van der Waals surface area (Å²) in [5, 5.41) is 0.685. The van der Waals surface area contributed by atoms with Gasteiger partial charge in [0.25, 0.3) is 0 Å². The van der Waals surface area contributed by atoms with Gasteiger partial charge in [-0.15, -0.1) is 12.4 Å². The molecule has 2 nitrogen and oxygen atoms in total. The highest BCUT2D eigenvalue weighted by Gasteiger charge is 2.22. The number of carbonyl (C=O) groups is 1. The number of benzene rings is 2. The number of ketones is 1. The molecule has 0 aliphatic heterocycles. The third-order valence-electron chi connectivity index (χ3n) is 3.19. The molecule has 0 heterocycles. The molecule has 0 aliphatic carbocycles. The molecule has 1 atom stereocenters. The van der Waals surface area contributed by atoms with E-state index in [2.05, 4.69) is 0 Å². The minimum atomic E-state index is -0.176. The predicted octanol–water partition coefficient (Wildman–Crippen LogP) is 4.29. The van der Waals surface area contributed by atoms with Crippen LogP contribution in [0.25, 0.3) is 0 Å². The Balaban J connectivity index is 0.00000220. The number of hydrogen-bond donors (Lipinski definition) is 0. The molecule has 2 aromatic carbocycles. The van der Waals surface area contributed by atoms with Crippen LogP contribution in [0.4, 0.5) is 0 Å². The topological polar surface area (TPSA) is 20.3 Å². The Hall–Kier alpha value is -1.35. The zero-order chi connectivity index (χ0) is 14.5. The van der Waals surface area contributed by atoms with E-state index in [0.29, 0.717) is 11.6 Å². The Kier molecular flexibility index (Phi) is 6.90. The second kappa shape index (κ2) is 8.18. The first kappa shape index (κ1) is 17.7. The number of Topliss-reactive ketones (excluding diaryl/α,β-unsaturated/α-hetero) is 1. The van der Waals surface area contributed by atoms with Gasteiger partial charge in [0.15, 0.2) is 5.78 Å². The summed E-state index contributed by atoms with van der Waals surface area (Å²) in [5.41, 5.74) is 1.74. The van der Waals surface area contributed by atoms with Gasteiger partial charge >= 0.3 is 0 Å². The van der Waals surface area contributed by atoms with Gasteiger partial charge in [0, 0.05) is 17.1 Å². The van der Waals surface area contributed by atoms with E-state index >= 15 is 0 Å². The molecule has 112 valence electrons. The van der Waals surface area contributed by atoms with Crippen molar-refractivity contribution in [1.82, 2.24) is 4.90 Å². The third kappa shape index (κ3) is 4.85. The first-order valence-electron chi connectivity index (χ1n) is 6.57. The van der Waals surface area contributed by atoms with Crippen LogP contribution in [0.3, 0.4) is 0 Å². The van der Waals surface area contributed by atoms with Gasteiger partial charge in [-0.3, -0.25) is 4.79 Å². The highest BCUT2D eigenvalue weighted by Crippen LogP contribution is 2.23. The standard InChI is InChI=1S/C17H18ClNO.ClH/c1-19(2)12-16(13-8-10-15(18)11-9-13)17(20)14-6-4-3-5-7-14;/h3-11,16H,12H2,1-2H3;1H. The molecule has 0 aliphatic rings. The van der Waals surface area contributed by atoms with Gasteiger partial charge in [0.2, 0.25) is 0 Å². The van der Waals surface area contributed by atoms with E-state index in [4.69, 9.17) is 11.6 Å². The van der Waals surface area contributed by atoms with Crippen LogP contribution in [0.5, 0.6) is 0 Å². The zero-order valence-electron chi connectivity index (χ0n) is 12.1. The van der Waals surface area contributed by atoms with E-state index in [1.54, 1.807) is 0 Å². The van der Waals surface area contributed by atoms with Crippen LogP contribution in [0.15, 0.2) is 54.6 Å². The lowest BCUT2D eigenvalue weighted by Gasteiger charge is -2.20. The maximum atomic E-state index is 12.7. The van der Waals surface area contributed by atoms with E-state index < -0.39 is 0 Å². The smallest absolute Gasteiger partial charge is 0.171 e. The maximum Gasteiger partial charge on any atom is 0.171 e. The molecule has 0 saturated carbocycles. The van der Waals surface area contributed by atoms with E-state index in [0.717, 1.165) is 11.1 Å². The highest BCUT2D eigenvalue weighted by atomic mass is 35.5. The van der Waals surface area contributed by atoms with Crippen LogP contribution >= 0.6 is 24.0 Å². The van der Waals surface area contributed by atoms with Crippen molar-refractivity contribution in [2.24, 2.45) is 0 Å². The van der Waals surface area contributed by atoms with E-state index in [9.17, 15) is 4.79 Å². The van der Waals surface area contributed by atoms with Crippen molar-refractivity contribution in [2.75, 3.05) is 20.6 Å². The van der Waals surface area contributed by atoms with Crippen molar-refractivity contribution in [2.45, 2.75) is 5.92 Å². The molecule has 0 bridgehead atoms. The Morgan fingerprint density at radius 2 is 1.62 bits per heavy atom. The summed E-state index contributed by atoms with van der Waals surface area (Å²) in [7, 11) is 3.95. The van der Waals surface area contributed by atoms with Gasteiger partial charge in [0.05, 0.1) is 5.92 Å². The van der Waals surface area contributed by atoms with Crippen LogP contribution in [0.1, 0.15) is 21.8 Å². The van der Waals surface area contributed by atoms with Crippen LogP contribution in [0, 0.1) is 0 Å². The van der Waals surface area contributed by atoms with Crippen LogP contribution < -0.4 is 0 Å². The van der Waals surface area contributed by atoms with Gasteiger partial charge < -0.3 is 4.90 Å². The Bertz CT molecular complexity index is 567. The lowest BCUT2D eigenvalue weighted by molar-refractivity contribution is 0.0945. The number of halogens is 2. The lowest BCUT2D eigenvalue weighted by Crippen LogP contribution is -2.26. The summed E-state index contributed by atoms with van der Waals surface area (Å²) in [5.74, 6) is -0.0358. The average Bonchev–Trinajstić information content (AvgIpc) is 2.46. The van der Waals surface area contributed by atoms with E-state index in [-0.39, 0.29) is 24.1 Å². The molecular formula is C17H19Cl2NO. The van der Waals surface area contributed by atoms with Gasteiger partial charge in [-0.25, -0.2) is 0 Å². The van der Waals surface area contributed by atoms with Crippen LogP contribution in [-0.4, -0.2) is 31.3 Å². The van der Waals surface area contributed by atoms with E-state index in [1.807, 2.05) is 73.6 Å². The van der Waals surface area contributed by atoms with Crippen molar-refractivity contribution >= 4 is 29.8 Å². The van der Waals surface area contributed by atoms with Gasteiger partial charge in [-0.2, -0.15) is 0 Å². The van der Waals surface area contributed by atoms with Crippen LogP contribution in [0.2, 0.25) is 5.02 Å². The molecule has 4 heteroatoms. The molecule has 0 amide bonds. The van der Waals surface area contributed by atoms with Crippen molar-refractivity contribution < 1.29 is 4.79 Å². The predicted molar refractivity (Wildman–Crippen MR) is 90.8 cm³/mol. The molecule has 0 fully saturated rings. The second-order valence-electron chi connectivity index (χ2n) is 5.10. The first-order chi connectivity index (χ1) is 9.58. The molecule has 0 N–H and O–H groups in total. The lowest BCUT2D eigenvalue weighted by atomic mass is 9.90. The summed E-state index contributed by atoms with van der Waals surface area (Å²) in [6.45, 7) is 0.676. The maximum absolute atomic E-state index is 12.7. The van der Waals surface area contributed by atoms with Gasteiger partial charge in [-0.05, 0) is 31.8 Å². The minimum absolute atomic E-state index is 0. The van der Waals surface area contributed by atoms with Crippen molar-refractivity contribution in [3.63, 3.8) is 0 Å². The molecule has 2 aromatic rings. The summed E-state index contributed by atoms with van der Waals surface area (Å²) in [6, 6.07) is 16.9. The third-order valence-corrected chi connectivity index (χ3v) is 3.45. The molecule has 1 unspecified atom stereocenters. The van der Waals surface area contributed by atoms with E-state index in [1.165, 1.54) is 0 Å². The summed E-state index contributed by atoms with van der Waals surface area (Å²) in [4.78, 5) is 14.7. The molecule has 21 heavy (non-hydrogen) atoms. The minimum Gasteiger partial charge on any atom is -0.308 e. The second-order valence-corrected chi connectivity index (χ2v) is 5.53. The Labute approximate surface area is 137 Å². The normalized spacial score (nSPS) is 11.8. The molecule has 0 aromatic heterocycles. The quantitative estimate of drug-likeness (QED) is 0.765. The first-order valence-corrected chi connectivity index (χ1v) is 6.95. The average molecular weight is 324 g/mol. The number of hydrogen-bond acceptors (Lipinski definition) is 2. The molecule has 0 saturated heterocycles. The molecular weight excluding hydrogens is 305 g/mol. The summed E-state index contributed by atoms with van der Waals surface area (Å²) < 4.78 is 0. The van der Waals surface area contributed by atoms with Crippen LogP contribution in [-0.2, 0) is 0 Å². The van der Waals surface area contributed by atoms with Gasteiger partial charge in [-0.1, -0.05) is 54.1 Å². The number of carbonyl (C=O) groups excluding carboxylic acids is 1. The fourth-order valence-electron chi connectivity index (χ4n) is 2.20. The Morgan fingerprint density at radius 3 is 2.14 bits per heavy atom. The van der Waals surface area contributed by atoms with Crippen molar-refractivity contribution in [1.29, 1.82) is 0 Å². The number of likely N-dealkylation sites (N-methyl/N-ethyl adjacent to an activating group) is 1. The molecule has 0 spiro atoms. The summed E-state index contributed by atoms with van der Waals surface area (Å²) in [6.07, 6.45) is 0. The monoisotopic (exact) mass is 323 g/mol. The fraction of sp³-hybridized carbons (Fsp3) is 0.235. The summed E-state index contributed by atoms with van der Waals surface area (Å²) >= 11 is 5.92. The fourth-order valence-corrected chi connectivity index (χ4v) is 2.33. The van der Waals surface area contributed by atoms with Crippen molar-refractivity contribution in [3.8, 4) is 0 Å². The molecule has 2 rings (SSSR count). The number of nitrogens with zero attached hydrogens (tertiary/aromatic N) is 1. The zero-order valence-corrected chi connectivity index (χ0v) is 13.7. The number of rotatable bonds is 5. The highest BCUT2D eigenvalue weighted by molar-refractivity contribution is 6.30. The largest absolute Gasteiger partial charge is 0.308 e. The Morgan fingerprint density at radius 1 is 1.05 bits per heavy atom. The SMILES string of the molecule is CN(C)CC(C(=O)c1ccccc1)c1ccc(Cl)cc1.Cl. The van der Waals surface area contributed by atoms with Gasteiger partial charge in [0.1, 0.15) is 0 Å². The van der Waals surface area contributed by atoms with Crippen molar-refractivity contribution in [3.05, 3.63) is 70.7 Å². The molecule has 0 radical (unpaired) electrons.